The second-order valence-electron chi connectivity index (χ2n) is 6.58. The van der Waals surface area contributed by atoms with E-state index in [2.05, 4.69) is 81.4 Å². The molecular weight excluding hydrogens is 283 g/mol. The monoisotopic (exact) mass is 304 g/mol. The molecule has 0 aromatic heterocycles. The summed E-state index contributed by atoms with van der Waals surface area (Å²) in [5.41, 5.74) is 6.23. The van der Waals surface area contributed by atoms with E-state index in [1.807, 2.05) is 0 Å². The van der Waals surface area contributed by atoms with Crippen molar-refractivity contribution in [1.82, 2.24) is 0 Å². The summed E-state index contributed by atoms with van der Waals surface area (Å²) in [6.45, 7) is 7.16. The molecule has 0 N–H and O–H groups in total. The molecule has 0 aliphatic carbocycles. The molecule has 2 aliphatic heterocycles. The van der Waals surface area contributed by atoms with Crippen LogP contribution >= 0.6 is 7.92 Å². The van der Waals surface area contributed by atoms with Crippen molar-refractivity contribution in [3.63, 3.8) is 0 Å². The molecule has 0 radical (unpaired) electrons. The van der Waals surface area contributed by atoms with E-state index >= 15 is 0 Å². The molecule has 0 fully saturated rings. The lowest BCUT2D eigenvalue weighted by Crippen LogP contribution is -2.18. The molecule has 2 bridgehead atoms. The van der Waals surface area contributed by atoms with Crippen molar-refractivity contribution in [3.8, 4) is 0 Å². The zero-order valence-electron chi connectivity index (χ0n) is 13.4. The van der Waals surface area contributed by atoms with Gasteiger partial charge in [0, 0.05) is 5.41 Å². The van der Waals surface area contributed by atoms with Crippen LogP contribution in [0.15, 0.2) is 71.6 Å². The number of benzene rings is 2. The third kappa shape index (κ3) is 1.80. The normalized spacial score (nSPS) is 27.0. The van der Waals surface area contributed by atoms with Gasteiger partial charge >= 0.3 is 0 Å². The minimum atomic E-state index is -0.161. The molecule has 2 aromatic carbocycles. The topological polar surface area (TPSA) is 0 Å². The molecule has 0 saturated heterocycles. The number of fused-ring (bicyclic) bond motifs is 2. The maximum absolute atomic E-state index is 2.45. The molecule has 2 aromatic rings. The van der Waals surface area contributed by atoms with E-state index in [0.29, 0.717) is 0 Å². The van der Waals surface area contributed by atoms with Gasteiger partial charge in [-0.05, 0) is 55.3 Å². The lowest BCUT2D eigenvalue weighted by atomic mass is 9.74. The molecule has 0 saturated carbocycles. The molecule has 2 unspecified atom stereocenters. The Kier molecular flexibility index (Phi) is 3.13. The maximum atomic E-state index is 2.45. The van der Waals surface area contributed by atoms with E-state index in [-0.39, 0.29) is 13.3 Å². The highest BCUT2D eigenvalue weighted by Gasteiger charge is 2.50. The number of allylic oxidation sites excluding steroid dienone is 3. The SMILES string of the molecule is CC1=C(C)C2(C)CP1C(c1ccccc1)=C2c1ccccc1. The third-order valence-electron chi connectivity index (χ3n) is 5.42. The Morgan fingerprint density at radius 2 is 1.36 bits per heavy atom. The van der Waals surface area contributed by atoms with Crippen LogP contribution in [0.1, 0.15) is 31.9 Å². The first-order chi connectivity index (χ1) is 10.6. The van der Waals surface area contributed by atoms with Crippen molar-refractivity contribution in [1.29, 1.82) is 0 Å². The maximum Gasteiger partial charge on any atom is 0.0194 e. The van der Waals surface area contributed by atoms with Gasteiger partial charge in [0.2, 0.25) is 0 Å². The first-order valence-corrected chi connectivity index (χ1v) is 9.47. The Labute approximate surface area is 134 Å². The van der Waals surface area contributed by atoms with Crippen molar-refractivity contribution in [2.75, 3.05) is 6.16 Å². The van der Waals surface area contributed by atoms with E-state index in [1.165, 1.54) is 17.3 Å². The van der Waals surface area contributed by atoms with E-state index < -0.39 is 0 Å². The molecule has 1 heteroatoms. The second-order valence-corrected chi connectivity index (χ2v) is 8.87. The van der Waals surface area contributed by atoms with Crippen LogP contribution in [0.4, 0.5) is 0 Å². The molecule has 0 nitrogen and oxygen atoms in total. The van der Waals surface area contributed by atoms with Gasteiger partial charge < -0.3 is 0 Å². The standard InChI is InChI=1S/C21H21P/c1-15-16(2)22-14-21(15,3)19(17-10-6-4-7-11-17)20(22)18-12-8-5-9-13-18/h4-13H,14H2,1-3H3. The molecule has 0 amide bonds. The lowest BCUT2D eigenvalue weighted by molar-refractivity contribution is 0.628. The third-order valence-corrected chi connectivity index (χ3v) is 8.53. The predicted octanol–water partition coefficient (Wildman–Crippen LogP) is 6.36. The highest BCUT2D eigenvalue weighted by atomic mass is 31.1. The van der Waals surface area contributed by atoms with Crippen molar-refractivity contribution in [3.05, 3.63) is 82.7 Å². The molecule has 0 spiro atoms. The summed E-state index contributed by atoms with van der Waals surface area (Å²) in [6.07, 6.45) is 1.30. The fourth-order valence-corrected chi connectivity index (χ4v) is 7.54. The summed E-state index contributed by atoms with van der Waals surface area (Å²) < 4.78 is 0. The Morgan fingerprint density at radius 1 is 0.818 bits per heavy atom. The summed E-state index contributed by atoms with van der Waals surface area (Å²) in [4.78, 5) is 0. The number of hydrogen-bond acceptors (Lipinski definition) is 0. The molecule has 110 valence electrons. The van der Waals surface area contributed by atoms with E-state index in [1.54, 1.807) is 21.8 Å². The fraction of sp³-hybridized carbons (Fsp3) is 0.238. The van der Waals surface area contributed by atoms with E-state index in [9.17, 15) is 0 Å². The quantitative estimate of drug-likeness (QED) is 0.566. The second kappa shape index (κ2) is 4.93. The van der Waals surface area contributed by atoms with Gasteiger partial charge in [0.25, 0.3) is 0 Å². The minimum Gasteiger partial charge on any atom is -0.0622 e. The molecule has 22 heavy (non-hydrogen) atoms. The molecule has 4 rings (SSSR count). The average molecular weight is 304 g/mol. The van der Waals surface area contributed by atoms with Gasteiger partial charge in [0.1, 0.15) is 0 Å². The zero-order chi connectivity index (χ0) is 15.3. The van der Waals surface area contributed by atoms with Crippen LogP contribution < -0.4 is 0 Å². The van der Waals surface area contributed by atoms with Crippen LogP contribution in [0.3, 0.4) is 0 Å². The van der Waals surface area contributed by atoms with Crippen LogP contribution in [0.5, 0.6) is 0 Å². The van der Waals surface area contributed by atoms with Crippen molar-refractivity contribution in [2.24, 2.45) is 5.41 Å². The number of rotatable bonds is 2. The average Bonchev–Trinajstić information content (AvgIpc) is 2.99. The van der Waals surface area contributed by atoms with Gasteiger partial charge in [-0.1, -0.05) is 73.2 Å². The fourth-order valence-electron chi connectivity index (χ4n) is 4.02. The van der Waals surface area contributed by atoms with Gasteiger partial charge in [-0.15, -0.1) is 0 Å². The minimum absolute atomic E-state index is 0.161. The summed E-state index contributed by atoms with van der Waals surface area (Å²) in [5.74, 6) is 0. The van der Waals surface area contributed by atoms with Crippen molar-refractivity contribution < 1.29 is 0 Å². The highest BCUT2D eigenvalue weighted by Crippen LogP contribution is 2.77. The summed E-state index contributed by atoms with van der Waals surface area (Å²) in [7, 11) is -0.161. The zero-order valence-corrected chi connectivity index (χ0v) is 14.3. The van der Waals surface area contributed by atoms with Crippen molar-refractivity contribution >= 4 is 18.8 Å². The predicted molar refractivity (Wildman–Crippen MR) is 98.0 cm³/mol. The van der Waals surface area contributed by atoms with Gasteiger partial charge in [0.15, 0.2) is 0 Å². The first kappa shape index (κ1) is 14.0. The lowest BCUT2D eigenvalue weighted by Gasteiger charge is -2.30. The molecule has 2 aliphatic rings. The Morgan fingerprint density at radius 3 is 1.95 bits per heavy atom. The molecular formula is C21H21P. The summed E-state index contributed by atoms with van der Waals surface area (Å²) >= 11 is 0. The highest BCUT2D eigenvalue weighted by molar-refractivity contribution is 7.73. The van der Waals surface area contributed by atoms with Gasteiger partial charge in [0.05, 0.1) is 0 Å². The van der Waals surface area contributed by atoms with E-state index in [4.69, 9.17) is 0 Å². The molecule has 2 atom stereocenters. The van der Waals surface area contributed by atoms with Crippen LogP contribution in [0.25, 0.3) is 10.9 Å². The smallest absolute Gasteiger partial charge is 0.0194 e. The molecule has 2 heterocycles. The van der Waals surface area contributed by atoms with Crippen LogP contribution in [0.2, 0.25) is 0 Å². The van der Waals surface area contributed by atoms with Gasteiger partial charge in [-0.25, -0.2) is 0 Å². The van der Waals surface area contributed by atoms with Crippen LogP contribution in [0, 0.1) is 5.41 Å². The van der Waals surface area contributed by atoms with E-state index in [0.717, 1.165) is 0 Å². The summed E-state index contributed by atoms with van der Waals surface area (Å²) in [5, 5.41) is 3.27. The Hall–Kier alpha value is -1.65. The van der Waals surface area contributed by atoms with Crippen molar-refractivity contribution in [2.45, 2.75) is 20.8 Å². The van der Waals surface area contributed by atoms with Crippen LogP contribution in [-0.4, -0.2) is 6.16 Å². The van der Waals surface area contributed by atoms with Gasteiger partial charge in [-0.3, -0.25) is 0 Å². The number of hydrogen-bond donors (Lipinski definition) is 0. The first-order valence-electron chi connectivity index (χ1n) is 7.94. The Bertz CT molecular complexity index is 783. The largest absolute Gasteiger partial charge is 0.0622 e. The summed E-state index contributed by atoms with van der Waals surface area (Å²) in [6, 6.07) is 22.0. The van der Waals surface area contributed by atoms with Crippen LogP contribution in [-0.2, 0) is 0 Å². The van der Waals surface area contributed by atoms with Gasteiger partial charge in [-0.2, -0.15) is 0 Å². The Balaban J connectivity index is 2.00.